The van der Waals surface area contributed by atoms with Gasteiger partial charge in [0.2, 0.25) is 0 Å². The highest BCUT2D eigenvalue weighted by molar-refractivity contribution is 9.09. The van der Waals surface area contributed by atoms with Crippen LogP contribution >= 0.6 is 15.9 Å². The van der Waals surface area contributed by atoms with Crippen molar-refractivity contribution in [3.63, 3.8) is 0 Å². The van der Waals surface area contributed by atoms with Crippen molar-refractivity contribution in [2.75, 3.05) is 51.8 Å². The maximum atomic E-state index is 5.51. The molecule has 0 radical (unpaired) electrons. The summed E-state index contributed by atoms with van der Waals surface area (Å²) in [6, 6.07) is 0.588. The Balaban J connectivity index is 1.81. The molecule has 0 amide bonds. The van der Waals surface area contributed by atoms with E-state index in [1.54, 1.807) is 0 Å². The van der Waals surface area contributed by atoms with Crippen LogP contribution in [0.15, 0.2) is 0 Å². The van der Waals surface area contributed by atoms with Crippen molar-refractivity contribution in [2.45, 2.75) is 12.5 Å². The number of ether oxygens (including phenoxy) is 1. The van der Waals surface area contributed by atoms with Crippen molar-refractivity contribution in [3.8, 4) is 0 Å². The molecule has 0 bridgehead atoms. The summed E-state index contributed by atoms with van der Waals surface area (Å²) in [5.74, 6) is 0.870. The molecule has 0 aliphatic carbocycles. The number of rotatable bonds is 3. The van der Waals surface area contributed by atoms with Gasteiger partial charge >= 0.3 is 0 Å². The summed E-state index contributed by atoms with van der Waals surface area (Å²) >= 11 is 3.58. The number of likely N-dealkylation sites (tertiary alicyclic amines) is 1. The number of morpholine rings is 1. The third-order valence-electron chi connectivity index (χ3n) is 3.51. The lowest BCUT2D eigenvalue weighted by atomic mass is 10.1. The molecule has 0 aromatic rings. The zero-order chi connectivity index (χ0) is 10.7. The van der Waals surface area contributed by atoms with Gasteiger partial charge in [0, 0.05) is 31.0 Å². The van der Waals surface area contributed by atoms with Crippen LogP contribution in [-0.4, -0.2) is 67.6 Å². The van der Waals surface area contributed by atoms with E-state index in [9.17, 15) is 0 Å². The van der Waals surface area contributed by atoms with Crippen molar-refractivity contribution < 1.29 is 4.74 Å². The lowest BCUT2D eigenvalue weighted by Gasteiger charge is -2.36. The fraction of sp³-hybridized carbons (Fsp3) is 1.00. The van der Waals surface area contributed by atoms with Gasteiger partial charge in [0.15, 0.2) is 0 Å². The largest absolute Gasteiger partial charge is 0.378 e. The van der Waals surface area contributed by atoms with Crippen LogP contribution in [0.1, 0.15) is 6.42 Å². The summed E-state index contributed by atoms with van der Waals surface area (Å²) in [6.45, 7) is 6.71. The SMILES string of the molecule is CN1CCC(CN2CCOCC2CBr)C1. The van der Waals surface area contributed by atoms with Crippen molar-refractivity contribution in [3.05, 3.63) is 0 Å². The molecule has 2 fully saturated rings. The molecule has 0 aromatic carbocycles. The van der Waals surface area contributed by atoms with Gasteiger partial charge in [-0.1, -0.05) is 15.9 Å². The molecule has 2 heterocycles. The molecule has 2 unspecified atom stereocenters. The van der Waals surface area contributed by atoms with E-state index >= 15 is 0 Å². The molecule has 2 saturated heterocycles. The van der Waals surface area contributed by atoms with Gasteiger partial charge < -0.3 is 9.64 Å². The Morgan fingerprint density at radius 3 is 2.93 bits per heavy atom. The fourth-order valence-electron chi connectivity index (χ4n) is 2.58. The van der Waals surface area contributed by atoms with Crippen LogP contribution < -0.4 is 0 Å². The minimum absolute atomic E-state index is 0.588. The normalized spacial score (nSPS) is 34.8. The van der Waals surface area contributed by atoms with Crippen LogP contribution in [0.25, 0.3) is 0 Å². The summed E-state index contributed by atoms with van der Waals surface area (Å²) in [5.41, 5.74) is 0. The summed E-state index contributed by atoms with van der Waals surface area (Å²) in [6.07, 6.45) is 1.36. The summed E-state index contributed by atoms with van der Waals surface area (Å²) in [5, 5.41) is 1.04. The predicted octanol–water partition coefficient (Wildman–Crippen LogP) is 1.03. The lowest BCUT2D eigenvalue weighted by Crippen LogP contribution is -2.48. The molecule has 88 valence electrons. The molecule has 3 nitrogen and oxygen atoms in total. The van der Waals surface area contributed by atoms with Gasteiger partial charge in [-0.15, -0.1) is 0 Å². The highest BCUT2D eigenvalue weighted by atomic mass is 79.9. The average Bonchev–Trinajstić information content (AvgIpc) is 2.65. The van der Waals surface area contributed by atoms with Gasteiger partial charge in [0.25, 0.3) is 0 Å². The summed E-state index contributed by atoms with van der Waals surface area (Å²) < 4.78 is 5.51. The van der Waals surface area contributed by atoms with Crippen molar-refractivity contribution in [1.29, 1.82) is 0 Å². The van der Waals surface area contributed by atoms with Crippen LogP contribution in [-0.2, 0) is 4.74 Å². The third-order valence-corrected chi connectivity index (χ3v) is 4.26. The quantitative estimate of drug-likeness (QED) is 0.717. The van der Waals surface area contributed by atoms with Crippen molar-refractivity contribution in [2.24, 2.45) is 5.92 Å². The van der Waals surface area contributed by atoms with E-state index in [4.69, 9.17) is 4.74 Å². The van der Waals surface area contributed by atoms with E-state index in [0.717, 1.165) is 31.0 Å². The second-order valence-electron chi connectivity index (χ2n) is 4.79. The van der Waals surface area contributed by atoms with Crippen molar-refractivity contribution in [1.82, 2.24) is 9.80 Å². The number of hydrogen-bond donors (Lipinski definition) is 0. The molecule has 2 rings (SSSR count). The fourth-order valence-corrected chi connectivity index (χ4v) is 3.18. The van der Waals surface area contributed by atoms with Crippen LogP contribution in [0, 0.1) is 5.92 Å². The monoisotopic (exact) mass is 276 g/mol. The summed E-state index contributed by atoms with van der Waals surface area (Å²) in [7, 11) is 2.22. The number of nitrogens with zero attached hydrogens (tertiary/aromatic N) is 2. The molecule has 2 atom stereocenters. The highest BCUT2D eigenvalue weighted by Gasteiger charge is 2.27. The smallest absolute Gasteiger partial charge is 0.0630 e. The maximum Gasteiger partial charge on any atom is 0.0630 e. The van der Waals surface area contributed by atoms with Crippen LogP contribution in [0.4, 0.5) is 0 Å². The molecule has 0 spiro atoms. The van der Waals surface area contributed by atoms with E-state index in [1.165, 1.54) is 26.1 Å². The Morgan fingerprint density at radius 2 is 2.27 bits per heavy atom. The van der Waals surface area contributed by atoms with Crippen molar-refractivity contribution >= 4 is 15.9 Å². The van der Waals surface area contributed by atoms with E-state index < -0.39 is 0 Å². The van der Waals surface area contributed by atoms with E-state index in [1.807, 2.05) is 0 Å². The van der Waals surface area contributed by atoms with Gasteiger partial charge in [0.1, 0.15) is 0 Å². The Kier molecular flexibility index (Phi) is 4.43. The molecular formula is C11H21BrN2O. The number of alkyl halides is 1. The second kappa shape index (κ2) is 5.62. The van der Waals surface area contributed by atoms with Gasteiger partial charge in [-0.3, -0.25) is 4.90 Å². The molecular weight excluding hydrogens is 256 g/mol. The molecule has 0 aromatic heterocycles. The molecule has 2 aliphatic rings. The van der Waals surface area contributed by atoms with Gasteiger partial charge in [-0.25, -0.2) is 0 Å². The Bertz CT molecular complexity index is 203. The van der Waals surface area contributed by atoms with E-state index in [2.05, 4.69) is 32.8 Å². The zero-order valence-corrected chi connectivity index (χ0v) is 11.1. The van der Waals surface area contributed by atoms with Gasteiger partial charge in [-0.2, -0.15) is 0 Å². The van der Waals surface area contributed by atoms with Crippen LogP contribution in [0.2, 0.25) is 0 Å². The summed E-state index contributed by atoms with van der Waals surface area (Å²) in [4.78, 5) is 5.04. The lowest BCUT2D eigenvalue weighted by molar-refractivity contribution is -0.00433. The Hall–Kier alpha value is 0.360. The first kappa shape index (κ1) is 11.8. The van der Waals surface area contributed by atoms with Gasteiger partial charge in [0.05, 0.1) is 13.2 Å². The maximum absolute atomic E-state index is 5.51. The van der Waals surface area contributed by atoms with E-state index in [-0.39, 0.29) is 0 Å². The highest BCUT2D eigenvalue weighted by Crippen LogP contribution is 2.19. The number of hydrogen-bond acceptors (Lipinski definition) is 3. The molecule has 0 saturated carbocycles. The first-order valence-electron chi connectivity index (χ1n) is 5.86. The minimum Gasteiger partial charge on any atom is -0.378 e. The van der Waals surface area contributed by atoms with Crippen LogP contribution in [0.5, 0.6) is 0 Å². The Morgan fingerprint density at radius 1 is 1.40 bits per heavy atom. The second-order valence-corrected chi connectivity index (χ2v) is 5.44. The first-order valence-corrected chi connectivity index (χ1v) is 6.98. The average molecular weight is 277 g/mol. The third kappa shape index (κ3) is 3.16. The number of halogens is 1. The molecule has 0 N–H and O–H groups in total. The molecule has 2 aliphatic heterocycles. The topological polar surface area (TPSA) is 15.7 Å². The zero-order valence-electron chi connectivity index (χ0n) is 9.49. The van der Waals surface area contributed by atoms with Crippen LogP contribution in [0.3, 0.4) is 0 Å². The predicted molar refractivity (Wildman–Crippen MR) is 65.6 cm³/mol. The Labute approximate surface area is 101 Å². The minimum atomic E-state index is 0.588. The molecule has 15 heavy (non-hydrogen) atoms. The first-order chi connectivity index (χ1) is 7.29. The van der Waals surface area contributed by atoms with E-state index in [0.29, 0.717) is 6.04 Å². The standard InChI is InChI=1S/C11H21BrN2O/c1-13-3-2-10(7-13)8-14-4-5-15-9-11(14)6-12/h10-11H,2-9H2,1H3. The van der Waals surface area contributed by atoms with Gasteiger partial charge in [-0.05, 0) is 25.9 Å². The molecule has 4 heteroatoms.